The van der Waals surface area contributed by atoms with Gasteiger partial charge in [0.25, 0.3) is 5.91 Å². The van der Waals surface area contributed by atoms with E-state index in [4.69, 9.17) is 0 Å². The van der Waals surface area contributed by atoms with E-state index < -0.39 is 21.7 Å². The highest BCUT2D eigenvalue weighted by molar-refractivity contribution is 7.89. The van der Waals surface area contributed by atoms with Crippen LogP contribution < -0.4 is 5.32 Å². The Morgan fingerprint density at radius 1 is 1.13 bits per heavy atom. The fourth-order valence-electron chi connectivity index (χ4n) is 1.94. The molecule has 2 aromatic carbocycles. The van der Waals surface area contributed by atoms with Crippen molar-refractivity contribution in [3.63, 3.8) is 0 Å². The van der Waals surface area contributed by atoms with Gasteiger partial charge in [-0.25, -0.2) is 17.1 Å². The number of aryl methyl sites for hydroxylation is 1. The summed E-state index contributed by atoms with van der Waals surface area (Å²) in [6, 6.07) is 9.97. The Morgan fingerprint density at radius 2 is 1.83 bits per heavy atom. The fraction of sp³-hybridized carbons (Fsp3) is 0.188. The van der Waals surface area contributed by atoms with Crippen LogP contribution >= 0.6 is 0 Å². The molecule has 5 nitrogen and oxygen atoms in total. The molecule has 7 heteroatoms. The molecule has 0 aliphatic rings. The molecule has 23 heavy (non-hydrogen) atoms. The standard InChI is InChI=1S/C16H17FN2O3S/c1-11-7-8-14(17)15(9-11)18-16(20)12-5-4-6-13(10-12)23(21,22)19(2)3/h4-10H,1-3H3,(H,18,20). The summed E-state index contributed by atoms with van der Waals surface area (Å²) in [5.74, 6) is -1.13. The lowest BCUT2D eigenvalue weighted by molar-refractivity contribution is 0.102. The van der Waals surface area contributed by atoms with Gasteiger partial charge in [0, 0.05) is 19.7 Å². The Balaban J connectivity index is 2.32. The van der Waals surface area contributed by atoms with Crippen molar-refractivity contribution in [3.8, 4) is 0 Å². The molecule has 2 aromatic rings. The van der Waals surface area contributed by atoms with Crippen molar-refractivity contribution in [2.24, 2.45) is 0 Å². The Bertz CT molecular complexity index is 848. The van der Waals surface area contributed by atoms with Gasteiger partial charge in [0.05, 0.1) is 10.6 Å². The fourth-order valence-corrected chi connectivity index (χ4v) is 2.89. The molecule has 0 spiro atoms. The summed E-state index contributed by atoms with van der Waals surface area (Å²) in [7, 11) is -0.828. The number of nitrogens with zero attached hydrogens (tertiary/aromatic N) is 1. The molecule has 0 saturated carbocycles. The van der Waals surface area contributed by atoms with Crippen molar-refractivity contribution >= 4 is 21.6 Å². The molecule has 1 amide bonds. The minimum absolute atomic E-state index is 0.000126. The molecule has 0 aromatic heterocycles. The number of amides is 1. The molecule has 1 N–H and O–H groups in total. The van der Waals surface area contributed by atoms with Crippen LogP contribution in [0.3, 0.4) is 0 Å². The summed E-state index contributed by atoms with van der Waals surface area (Å²) in [6.07, 6.45) is 0. The summed E-state index contributed by atoms with van der Waals surface area (Å²) in [4.78, 5) is 12.2. The first kappa shape index (κ1) is 17.1. The molecule has 0 unspecified atom stereocenters. The number of hydrogen-bond acceptors (Lipinski definition) is 3. The van der Waals surface area contributed by atoms with Crippen LogP contribution in [-0.2, 0) is 10.0 Å². The number of carbonyl (C=O) groups excluding carboxylic acids is 1. The maximum Gasteiger partial charge on any atom is 0.255 e. The molecule has 2 rings (SSSR count). The first-order valence-corrected chi connectivity index (χ1v) is 8.26. The lowest BCUT2D eigenvalue weighted by atomic mass is 10.2. The minimum atomic E-state index is -3.64. The van der Waals surface area contributed by atoms with Crippen LogP contribution in [0.1, 0.15) is 15.9 Å². The van der Waals surface area contributed by atoms with Gasteiger partial charge in [0.1, 0.15) is 5.82 Å². The van der Waals surface area contributed by atoms with Gasteiger partial charge in [-0.05, 0) is 42.8 Å². The van der Waals surface area contributed by atoms with Gasteiger partial charge in [0.2, 0.25) is 10.0 Å². The Labute approximate surface area is 134 Å². The summed E-state index contributed by atoms with van der Waals surface area (Å²) >= 11 is 0. The maximum absolute atomic E-state index is 13.7. The van der Waals surface area contributed by atoms with Gasteiger partial charge in [-0.15, -0.1) is 0 Å². The number of nitrogens with one attached hydrogen (secondary N) is 1. The monoisotopic (exact) mass is 336 g/mol. The average Bonchev–Trinajstić information content (AvgIpc) is 2.50. The van der Waals surface area contributed by atoms with E-state index in [-0.39, 0.29) is 16.1 Å². The number of anilines is 1. The second kappa shape index (κ2) is 6.47. The van der Waals surface area contributed by atoms with Crippen LogP contribution in [0.2, 0.25) is 0 Å². The van der Waals surface area contributed by atoms with Crippen molar-refractivity contribution in [1.82, 2.24) is 4.31 Å². The molecule has 0 radical (unpaired) electrons. The zero-order valence-electron chi connectivity index (χ0n) is 13.0. The Morgan fingerprint density at radius 3 is 2.48 bits per heavy atom. The molecule has 0 aliphatic carbocycles. The number of rotatable bonds is 4. The van der Waals surface area contributed by atoms with Crippen LogP contribution in [0.15, 0.2) is 47.4 Å². The van der Waals surface area contributed by atoms with Crippen LogP contribution in [0.4, 0.5) is 10.1 Å². The molecular weight excluding hydrogens is 319 g/mol. The van der Waals surface area contributed by atoms with E-state index in [2.05, 4.69) is 5.32 Å². The molecule has 0 atom stereocenters. The number of halogens is 1. The quantitative estimate of drug-likeness (QED) is 0.933. The summed E-state index contributed by atoms with van der Waals surface area (Å²) in [5.41, 5.74) is 0.982. The van der Waals surface area contributed by atoms with Gasteiger partial charge < -0.3 is 5.32 Å². The van der Waals surface area contributed by atoms with Crippen molar-refractivity contribution < 1.29 is 17.6 Å². The van der Waals surface area contributed by atoms with Gasteiger partial charge in [0.15, 0.2) is 0 Å². The zero-order valence-corrected chi connectivity index (χ0v) is 13.8. The summed E-state index contributed by atoms with van der Waals surface area (Å²) in [5, 5.41) is 2.45. The molecule has 122 valence electrons. The maximum atomic E-state index is 13.7. The number of carbonyl (C=O) groups is 1. The van der Waals surface area contributed by atoms with Crippen molar-refractivity contribution in [2.75, 3.05) is 19.4 Å². The summed E-state index contributed by atoms with van der Waals surface area (Å²) < 4.78 is 39.0. The zero-order chi connectivity index (χ0) is 17.2. The van der Waals surface area contributed by atoms with E-state index in [0.717, 1.165) is 9.87 Å². The van der Waals surface area contributed by atoms with E-state index in [1.54, 1.807) is 13.0 Å². The second-order valence-electron chi connectivity index (χ2n) is 5.25. The van der Waals surface area contributed by atoms with Gasteiger partial charge in [-0.1, -0.05) is 12.1 Å². The molecule has 0 heterocycles. The van der Waals surface area contributed by atoms with Crippen LogP contribution in [0.25, 0.3) is 0 Å². The Hall–Kier alpha value is -2.25. The first-order chi connectivity index (χ1) is 10.7. The largest absolute Gasteiger partial charge is 0.319 e. The third kappa shape index (κ3) is 3.75. The third-order valence-corrected chi connectivity index (χ3v) is 5.06. The van der Waals surface area contributed by atoms with Crippen molar-refractivity contribution in [3.05, 3.63) is 59.4 Å². The topological polar surface area (TPSA) is 66.5 Å². The molecular formula is C16H17FN2O3S. The second-order valence-corrected chi connectivity index (χ2v) is 7.40. The van der Waals surface area contributed by atoms with Crippen LogP contribution in [0, 0.1) is 12.7 Å². The highest BCUT2D eigenvalue weighted by atomic mass is 32.2. The van der Waals surface area contributed by atoms with E-state index in [0.29, 0.717) is 0 Å². The summed E-state index contributed by atoms with van der Waals surface area (Å²) in [6.45, 7) is 1.78. The van der Waals surface area contributed by atoms with Crippen LogP contribution in [0.5, 0.6) is 0 Å². The van der Waals surface area contributed by atoms with E-state index in [1.807, 2.05) is 0 Å². The van der Waals surface area contributed by atoms with Gasteiger partial charge in [-0.3, -0.25) is 4.79 Å². The number of benzene rings is 2. The highest BCUT2D eigenvalue weighted by Crippen LogP contribution is 2.19. The average molecular weight is 336 g/mol. The van der Waals surface area contributed by atoms with Gasteiger partial charge in [-0.2, -0.15) is 0 Å². The number of hydrogen-bond donors (Lipinski definition) is 1. The number of sulfonamides is 1. The van der Waals surface area contributed by atoms with Crippen molar-refractivity contribution in [1.29, 1.82) is 0 Å². The lowest BCUT2D eigenvalue weighted by Gasteiger charge is -2.12. The van der Waals surface area contributed by atoms with E-state index >= 15 is 0 Å². The molecule has 0 fully saturated rings. The smallest absolute Gasteiger partial charge is 0.255 e. The molecule has 0 saturated heterocycles. The molecule has 0 aliphatic heterocycles. The highest BCUT2D eigenvalue weighted by Gasteiger charge is 2.19. The van der Waals surface area contributed by atoms with Crippen molar-refractivity contribution in [2.45, 2.75) is 11.8 Å². The van der Waals surface area contributed by atoms with Crippen LogP contribution in [-0.4, -0.2) is 32.7 Å². The normalized spacial score (nSPS) is 11.5. The SMILES string of the molecule is Cc1ccc(F)c(NC(=O)c2cccc(S(=O)(=O)N(C)C)c2)c1. The molecule has 0 bridgehead atoms. The van der Waals surface area contributed by atoms with E-state index in [9.17, 15) is 17.6 Å². The predicted octanol–water partition coefficient (Wildman–Crippen LogP) is 2.64. The lowest BCUT2D eigenvalue weighted by Crippen LogP contribution is -2.22. The third-order valence-electron chi connectivity index (χ3n) is 3.24. The first-order valence-electron chi connectivity index (χ1n) is 6.82. The Kier molecular flexibility index (Phi) is 4.82. The predicted molar refractivity (Wildman–Crippen MR) is 86.4 cm³/mol. The van der Waals surface area contributed by atoms with Gasteiger partial charge >= 0.3 is 0 Å². The van der Waals surface area contributed by atoms with E-state index in [1.165, 1.54) is 50.5 Å². The minimum Gasteiger partial charge on any atom is -0.319 e.